The maximum absolute atomic E-state index is 8.98. The van der Waals surface area contributed by atoms with E-state index in [2.05, 4.69) is 17.9 Å². The predicted octanol–water partition coefficient (Wildman–Crippen LogP) is 3.19. The van der Waals surface area contributed by atoms with Crippen molar-refractivity contribution in [3.05, 3.63) is 0 Å². The first-order chi connectivity index (χ1) is 7.05. The molecule has 2 heteroatoms. The van der Waals surface area contributed by atoms with Gasteiger partial charge in [-0.2, -0.15) is 5.26 Å². The molecule has 0 N–H and O–H groups in total. The Balaban J connectivity index is 2.39. The monoisotopic (exact) mass is 208 g/mol. The van der Waals surface area contributed by atoms with Crippen molar-refractivity contribution in [2.45, 2.75) is 58.9 Å². The molecular weight excluding hydrogens is 184 g/mol. The second-order valence-electron chi connectivity index (χ2n) is 5.48. The standard InChI is InChI=1S/C13H24N2/c1-12-7-5-4-6-9-15(12)10-8-13(2,3)11-14/h12H,4-10H2,1-3H3. The summed E-state index contributed by atoms with van der Waals surface area (Å²) in [6, 6.07) is 3.09. The molecule has 2 nitrogen and oxygen atoms in total. The van der Waals surface area contributed by atoms with Gasteiger partial charge in [-0.25, -0.2) is 0 Å². The highest BCUT2D eigenvalue weighted by Crippen LogP contribution is 2.22. The van der Waals surface area contributed by atoms with E-state index in [1.807, 2.05) is 13.8 Å². The van der Waals surface area contributed by atoms with E-state index in [1.165, 1.54) is 32.2 Å². The molecule has 1 aliphatic rings. The van der Waals surface area contributed by atoms with Crippen molar-refractivity contribution in [1.29, 1.82) is 5.26 Å². The van der Waals surface area contributed by atoms with Crippen molar-refractivity contribution >= 4 is 0 Å². The summed E-state index contributed by atoms with van der Waals surface area (Å²) in [4.78, 5) is 2.56. The van der Waals surface area contributed by atoms with E-state index in [0.717, 1.165) is 13.0 Å². The minimum Gasteiger partial charge on any atom is -0.301 e. The molecule has 1 atom stereocenters. The minimum atomic E-state index is -0.161. The summed E-state index contributed by atoms with van der Waals surface area (Å²) in [5, 5.41) is 8.98. The quantitative estimate of drug-likeness (QED) is 0.712. The lowest BCUT2D eigenvalue weighted by Gasteiger charge is -2.29. The van der Waals surface area contributed by atoms with Gasteiger partial charge in [0.05, 0.1) is 11.5 Å². The van der Waals surface area contributed by atoms with Crippen LogP contribution in [0.2, 0.25) is 0 Å². The third-order valence-electron chi connectivity index (χ3n) is 3.52. The van der Waals surface area contributed by atoms with Crippen molar-refractivity contribution in [3.8, 4) is 6.07 Å². The summed E-state index contributed by atoms with van der Waals surface area (Å²) >= 11 is 0. The zero-order valence-corrected chi connectivity index (χ0v) is 10.4. The Hall–Kier alpha value is -0.550. The van der Waals surface area contributed by atoms with Crippen molar-refractivity contribution in [2.75, 3.05) is 13.1 Å². The fraction of sp³-hybridized carbons (Fsp3) is 0.923. The molecule has 15 heavy (non-hydrogen) atoms. The van der Waals surface area contributed by atoms with E-state index in [0.29, 0.717) is 6.04 Å². The maximum Gasteiger partial charge on any atom is 0.0684 e. The number of rotatable bonds is 3. The first-order valence-electron chi connectivity index (χ1n) is 6.20. The van der Waals surface area contributed by atoms with Gasteiger partial charge in [-0.1, -0.05) is 12.8 Å². The predicted molar refractivity (Wildman–Crippen MR) is 63.5 cm³/mol. The van der Waals surface area contributed by atoms with Crippen molar-refractivity contribution in [1.82, 2.24) is 4.90 Å². The van der Waals surface area contributed by atoms with Crippen LogP contribution in [0.3, 0.4) is 0 Å². The average Bonchev–Trinajstić information content (AvgIpc) is 2.40. The zero-order valence-electron chi connectivity index (χ0n) is 10.4. The molecule has 0 aliphatic carbocycles. The van der Waals surface area contributed by atoms with Gasteiger partial charge in [-0.3, -0.25) is 0 Å². The first-order valence-corrected chi connectivity index (χ1v) is 6.20. The third-order valence-corrected chi connectivity index (χ3v) is 3.52. The highest BCUT2D eigenvalue weighted by Gasteiger charge is 2.21. The molecule has 1 heterocycles. The lowest BCUT2D eigenvalue weighted by molar-refractivity contribution is 0.192. The van der Waals surface area contributed by atoms with Crippen LogP contribution in [0.25, 0.3) is 0 Å². The lowest BCUT2D eigenvalue weighted by Crippen LogP contribution is -2.35. The second-order valence-corrected chi connectivity index (χ2v) is 5.48. The summed E-state index contributed by atoms with van der Waals surface area (Å²) in [5.74, 6) is 0. The third kappa shape index (κ3) is 4.22. The summed E-state index contributed by atoms with van der Waals surface area (Å²) in [7, 11) is 0. The second kappa shape index (κ2) is 5.51. The molecule has 1 unspecified atom stereocenters. The summed E-state index contributed by atoms with van der Waals surface area (Å²) in [6.45, 7) is 8.71. The summed E-state index contributed by atoms with van der Waals surface area (Å²) in [6.07, 6.45) is 6.40. The summed E-state index contributed by atoms with van der Waals surface area (Å²) < 4.78 is 0. The van der Waals surface area contributed by atoms with E-state index in [1.54, 1.807) is 0 Å². The van der Waals surface area contributed by atoms with Crippen LogP contribution in [0.4, 0.5) is 0 Å². The number of likely N-dealkylation sites (tertiary alicyclic amines) is 1. The van der Waals surface area contributed by atoms with Gasteiger partial charge >= 0.3 is 0 Å². The molecule has 1 rings (SSSR count). The highest BCUT2D eigenvalue weighted by atomic mass is 15.1. The van der Waals surface area contributed by atoms with E-state index < -0.39 is 0 Å². The van der Waals surface area contributed by atoms with Gasteiger partial charge in [0, 0.05) is 6.04 Å². The largest absolute Gasteiger partial charge is 0.301 e. The average molecular weight is 208 g/mol. The SMILES string of the molecule is CC1CCCCCN1CCC(C)(C)C#N. The molecule has 1 saturated heterocycles. The Kier molecular flexibility index (Phi) is 4.60. The number of nitriles is 1. The fourth-order valence-electron chi connectivity index (χ4n) is 2.15. The minimum absolute atomic E-state index is 0.161. The normalized spacial score (nSPS) is 24.5. The van der Waals surface area contributed by atoms with Gasteiger partial charge in [0.15, 0.2) is 0 Å². The first kappa shape index (κ1) is 12.5. The topological polar surface area (TPSA) is 27.0 Å². The molecule has 0 radical (unpaired) electrons. The maximum atomic E-state index is 8.98. The van der Waals surface area contributed by atoms with Crippen LogP contribution in [-0.4, -0.2) is 24.0 Å². The van der Waals surface area contributed by atoms with Crippen LogP contribution < -0.4 is 0 Å². The molecule has 0 spiro atoms. The Morgan fingerprint density at radius 1 is 1.33 bits per heavy atom. The number of hydrogen-bond donors (Lipinski definition) is 0. The molecule has 1 aliphatic heterocycles. The van der Waals surface area contributed by atoms with Gasteiger partial charge in [-0.05, 0) is 53.1 Å². The van der Waals surface area contributed by atoms with E-state index in [9.17, 15) is 0 Å². The van der Waals surface area contributed by atoms with Crippen LogP contribution in [0.1, 0.15) is 52.9 Å². The molecule has 86 valence electrons. The van der Waals surface area contributed by atoms with Gasteiger partial charge in [0.2, 0.25) is 0 Å². The summed E-state index contributed by atoms with van der Waals surface area (Å²) in [5.41, 5.74) is -0.161. The highest BCUT2D eigenvalue weighted by molar-refractivity contribution is 4.92. The zero-order chi connectivity index (χ0) is 11.3. The Labute approximate surface area is 94.3 Å². The van der Waals surface area contributed by atoms with Crippen LogP contribution >= 0.6 is 0 Å². The van der Waals surface area contributed by atoms with Crippen molar-refractivity contribution < 1.29 is 0 Å². The smallest absolute Gasteiger partial charge is 0.0684 e. The van der Waals surface area contributed by atoms with Crippen molar-refractivity contribution in [3.63, 3.8) is 0 Å². The molecule has 0 aromatic carbocycles. The van der Waals surface area contributed by atoms with Gasteiger partial charge < -0.3 is 4.90 Å². The number of nitrogens with zero attached hydrogens (tertiary/aromatic N) is 2. The van der Waals surface area contributed by atoms with E-state index in [4.69, 9.17) is 5.26 Å². The number of hydrogen-bond acceptors (Lipinski definition) is 2. The van der Waals surface area contributed by atoms with Gasteiger partial charge in [-0.15, -0.1) is 0 Å². The molecule has 1 fully saturated rings. The Bertz CT molecular complexity index is 227. The van der Waals surface area contributed by atoms with Crippen LogP contribution in [0.15, 0.2) is 0 Å². The van der Waals surface area contributed by atoms with Crippen LogP contribution in [0.5, 0.6) is 0 Å². The van der Waals surface area contributed by atoms with Gasteiger partial charge in [0.25, 0.3) is 0 Å². The van der Waals surface area contributed by atoms with Crippen LogP contribution in [-0.2, 0) is 0 Å². The molecule has 0 bridgehead atoms. The fourth-order valence-corrected chi connectivity index (χ4v) is 2.15. The van der Waals surface area contributed by atoms with Crippen molar-refractivity contribution in [2.24, 2.45) is 5.41 Å². The van der Waals surface area contributed by atoms with Gasteiger partial charge in [0.1, 0.15) is 0 Å². The molecule has 0 aromatic heterocycles. The molecular formula is C13H24N2. The Morgan fingerprint density at radius 2 is 2.07 bits per heavy atom. The molecule has 0 amide bonds. The molecule has 0 saturated carbocycles. The van der Waals surface area contributed by atoms with Crippen LogP contribution in [0, 0.1) is 16.7 Å². The van der Waals surface area contributed by atoms with E-state index in [-0.39, 0.29) is 5.41 Å². The molecule has 0 aromatic rings. The Morgan fingerprint density at radius 3 is 2.73 bits per heavy atom. The lowest BCUT2D eigenvalue weighted by atomic mass is 9.91. The van der Waals surface area contributed by atoms with E-state index >= 15 is 0 Å².